The molecule has 1 atom stereocenters. The summed E-state index contributed by atoms with van der Waals surface area (Å²) in [5, 5.41) is 12.4. The first-order valence-corrected chi connectivity index (χ1v) is 6.39. The third-order valence-corrected chi connectivity index (χ3v) is 3.51. The molecule has 2 rings (SSSR count). The fourth-order valence-electron chi connectivity index (χ4n) is 1.68. The maximum absolute atomic E-state index is 12.2. The fraction of sp³-hybridized carbons (Fsp3) is 0.462. The summed E-state index contributed by atoms with van der Waals surface area (Å²) in [5.41, 5.74) is -0.276. The van der Waals surface area contributed by atoms with Gasteiger partial charge >= 0.3 is 0 Å². The lowest BCUT2D eigenvalue weighted by Crippen LogP contribution is -2.48. The molecule has 0 aliphatic carbocycles. The van der Waals surface area contributed by atoms with Crippen LogP contribution in [-0.4, -0.2) is 30.0 Å². The van der Waals surface area contributed by atoms with Gasteiger partial charge in [-0.1, -0.05) is 18.5 Å². The van der Waals surface area contributed by atoms with E-state index >= 15 is 0 Å². The summed E-state index contributed by atoms with van der Waals surface area (Å²) in [7, 11) is 0. The van der Waals surface area contributed by atoms with Crippen molar-refractivity contribution in [2.75, 3.05) is 13.4 Å². The predicted molar refractivity (Wildman–Crippen MR) is 70.8 cm³/mol. The summed E-state index contributed by atoms with van der Waals surface area (Å²) in [6.45, 7) is 3.64. The van der Waals surface area contributed by atoms with Crippen molar-refractivity contribution < 1.29 is 19.4 Å². The summed E-state index contributed by atoms with van der Waals surface area (Å²) < 4.78 is 10.4. The number of carbonyl (C=O) groups is 1. The van der Waals surface area contributed by atoms with Gasteiger partial charge in [-0.2, -0.15) is 0 Å². The second-order valence-electron chi connectivity index (χ2n) is 4.72. The Morgan fingerprint density at radius 1 is 1.53 bits per heavy atom. The van der Waals surface area contributed by atoms with Gasteiger partial charge in [-0.3, -0.25) is 4.79 Å². The van der Waals surface area contributed by atoms with E-state index in [4.69, 9.17) is 21.1 Å². The lowest BCUT2D eigenvalue weighted by atomic mass is 9.99. The van der Waals surface area contributed by atoms with Crippen LogP contribution in [0.1, 0.15) is 30.6 Å². The van der Waals surface area contributed by atoms with E-state index in [-0.39, 0.29) is 19.3 Å². The monoisotopic (exact) mass is 285 g/mol. The van der Waals surface area contributed by atoms with E-state index in [1.807, 2.05) is 6.92 Å². The Morgan fingerprint density at radius 2 is 2.26 bits per heavy atom. The molecule has 0 saturated carbocycles. The number of amides is 1. The zero-order valence-electron chi connectivity index (χ0n) is 10.8. The van der Waals surface area contributed by atoms with Crippen molar-refractivity contribution in [3.8, 4) is 11.5 Å². The van der Waals surface area contributed by atoms with Gasteiger partial charge in [0.1, 0.15) is 0 Å². The molecule has 0 aromatic heterocycles. The number of rotatable bonds is 4. The maximum atomic E-state index is 12.2. The van der Waals surface area contributed by atoms with Gasteiger partial charge in [0.05, 0.1) is 17.2 Å². The Bertz CT molecular complexity index is 500. The molecule has 1 amide bonds. The van der Waals surface area contributed by atoms with Gasteiger partial charge in [0.15, 0.2) is 11.5 Å². The normalized spacial score (nSPS) is 16.0. The van der Waals surface area contributed by atoms with Crippen LogP contribution in [0.3, 0.4) is 0 Å². The van der Waals surface area contributed by atoms with Gasteiger partial charge in [0.25, 0.3) is 5.91 Å². The lowest BCUT2D eigenvalue weighted by Gasteiger charge is -2.27. The average molecular weight is 286 g/mol. The number of nitrogens with one attached hydrogen (secondary N) is 1. The van der Waals surface area contributed by atoms with Crippen molar-refractivity contribution in [1.82, 2.24) is 5.32 Å². The minimum Gasteiger partial charge on any atom is -0.454 e. The fourth-order valence-corrected chi connectivity index (χ4v) is 1.95. The first-order chi connectivity index (χ1) is 8.99. The Labute approximate surface area is 116 Å². The Kier molecular flexibility index (Phi) is 3.87. The van der Waals surface area contributed by atoms with Gasteiger partial charge in [-0.15, -0.1) is 0 Å². The second-order valence-corrected chi connectivity index (χ2v) is 5.13. The molecule has 104 valence electrons. The Hall–Kier alpha value is -1.46. The van der Waals surface area contributed by atoms with Crippen LogP contribution >= 0.6 is 11.6 Å². The van der Waals surface area contributed by atoms with Crippen LogP contribution in [0.4, 0.5) is 0 Å². The molecular weight excluding hydrogens is 270 g/mol. The number of hydrogen-bond donors (Lipinski definition) is 2. The molecule has 0 saturated heterocycles. The minimum absolute atomic E-state index is 0.101. The number of ether oxygens (including phenoxy) is 2. The van der Waals surface area contributed by atoms with Crippen LogP contribution in [0.15, 0.2) is 12.1 Å². The van der Waals surface area contributed by atoms with E-state index in [2.05, 4.69) is 5.32 Å². The summed E-state index contributed by atoms with van der Waals surface area (Å²) in [6.07, 6.45) is 0.619. The zero-order chi connectivity index (χ0) is 14.0. The van der Waals surface area contributed by atoms with Gasteiger partial charge in [-0.05, 0) is 25.5 Å². The van der Waals surface area contributed by atoms with Crippen LogP contribution in [-0.2, 0) is 0 Å². The van der Waals surface area contributed by atoms with E-state index in [1.54, 1.807) is 13.0 Å². The molecule has 5 nitrogen and oxygen atoms in total. The zero-order valence-corrected chi connectivity index (χ0v) is 11.6. The van der Waals surface area contributed by atoms with Gasteiger partial charge in [0, 0.05) is 5.56 Å². The van der Waals surface area contributed by atoms with Crippen LogP contribution in [0.25, 0.3) is 0 Å². The molecule has 19 heavy (non-hydrogen) atoms. The Morgan fingerprint density at radius 3 is 2.89 bits per heavy atom. The third kappa shape index (κ3) is 2.77. The molecule has 0 fully saturated rings. The number of fused-ring (bicyclic) bond motifs is 1. The standard InChI is InChI=1S/C13H16ClNO4/c1-3-13(2,6-16)15-12(17)8-4-9(14)11-10(5-8)18-7-19-11/h4-5,16H,3,6-7H2,1-2H3,(H,15,17). The molecule has 1 aromatic rings. The molecular formula is C13H16ClNO4. The highest BCUT2D eigenvalue weighted by atomic mass is 35.5. The van der Waals surface area contributed by atoms with E-state index in [0.717, 1.165) is 0 Å². The highest BCUT2D eigenvalue weighted by Crippen LogP contribution is 2.39. The van der Waals surface area contributed by atoms with Gasteiger partial charge < -0.3 is 19.9 Å². The van der Waals surface area contributed by atoms with Crippen LogP contribution in [0.5, 0.6) is 11.5 Å². The van der Waals surface area contributed by atoms with Crippen molar-refractivity contribution in [3.63, 3.8) is 0 Å². The minimum atomic E-state index is -0.653. The summed E-state index contributed by atoms with van der Waals surface area (Å²) in [4.78, 5) is 12.2. The molecule has 2 N–H and O–H groups in total. The molecule has 1 heterocycles. The van der Waals surface area contributed by atoms with Gasteiger partial charge in [-0.25, -0.2) is 0 Å². The summed E-state index contributed by atoms with van der Waals surface area (Å²) in [5.74, 6) is 0.608. The van der Waals surface area contributed by atoms with Crippen molar-refractivity contribution in [1.29, 1.82) is 0 Å². The molecule has 0 spiro atoms. The first-order valence-electron chi connectivity index (χ1n) is 6.01. The number of aliphatic hydroxyl groups excluding tert-OH is 1. The smallest absolute Gasteiger partial charge is 0.251 e. The largest absolute Gasteiger partial charge is 0.454 e. The Balaban J connectivity index is 2.23. The number of hydrogen-bond acceptors (Lipinski definition) is 4. The molecule has 0 radical (unpaired) electrons. The lowest BCUT2D eigenvalue weighted by molar-refractivity contribution is 0.0847. The quantitative estimate of drug-likeness (QED) is 0.887. The predicted octanol–water partition coefficient (Wildman–Crippen LogP) is 1.96. The third-order valence-electron chi connectivity index (χ3n) is 3.23. The maximum Gasteiger partial charge on any atom is 0.251 e. The van der Waals surface area contributed by atoms with Gasteiger partial charge in [0.2, 0.25) is 6.79 Å². The molecule has 1 aromatic carbocycles. The van der Waals surface area contributed by atoms with Crippen molar-refractivity contribution in [2.24, 2.45) is 0 Å². The van der Waals surface area contributed by atoms with Crippen molar-refractivity contribution in [2.45, 2.75) is 25.8 Å². The van der Waals surface area contributed by atoms with E-state index < -0.39 is 5.54 Å². The second kappa shape index (κ2) is 5.27. The number of benzene rings is 1. The molecule has 6 heteroatoms. The molecule has 1 unspecified atom stereocenters. The van der Waals surface area contributed by atoms with Crippen molar-refractivity contribution >= 4 is 17.5 Å². The van der Waals surface area contributed by atoms with Crippen LogP contribution < -0.4 is 14.8 Å². The van der Waals surface area contributed by atoms with Crippen LogP contribution in [0.2, 0.25) is 5.02 Å². The number of carbonyl (C=O) groups excluding carboxylic acids is 1. The van der Waals surface area contributed by atoms with Crippen molar-refractivity contribution in [3.05, 3.63) is 22.7 Å². The van der Waals surface area contributed by atoms with E-state index in [0.29, 0.717) is 28.5 Å². The summed E-state index contributed by atoms with van der Waals surface area (Å²) in [6, 6.07) is 3.11. The summed E-state index contributed by atoms with van der Waals surface area (Å²) >= 11 is 6.02. The first kappa shape index (κ1) is 14.0. The van der Waals surface area contributed by atoms with E-state index in [1.165, 1.54) is 6.07 Å². The molecule has 0 bridgehead atoms. The SMILES string of the molecule is CCC(C)(CO)NC(=O)c1cc(Cl)c2c(c1)OCO2. The number of aliphatic hydroxyl groups is 1. The van der Waals surface area contributed by atoms with Crippen LogP contribution in [0, 0.1) is 0 Å². The van der Waals surface area contributed by atoms with E-state index in [9.17, 15) is 9.90 Å². The average Bonchev–Trinajstić information content (AvgIpc) is 2.87. The highest BCUT2D eigenvalue weighted by Gasteiger charge is 2.26. The molecule has 1 aliphatic heterocycles. The highest BCUT2D eigenvalue weighted by molar-refractivity contribution is 6.32. The number of halogens is 1. The molecule has 1 aliphatic rings. The topological polar surface area (TPSA) is 67.8 Å².